The van der Waals surface area contributed by atoms with E-state index < -0.39 is 9.84 Å². The van der Waals surface area contributed by atoms with Crippen molar-refractivity contribution in [3.05, 3.63) is 24.3 Å². The minimum Gasteiger partial charge on any atom is -0.382 e. The summed E-state index contributed by atoms with van der Waals surface area (Å²) in [4.78, 5) is 0.403. The van der Waals surface area contributed by atoms with E-state index in [9.17, 15) is 8.42 Å². The second-order valence-electron chi connectivity index (χ2n) is 5.32. The molecule has 1 aromatic rings. The van der Waals surface area contributed by atoms with Crippen LogP contribution in [0.15, 0.2) is 29.2 Å². The van der Waals surface area contributed by atoms with E-state index in [4.69, 9.17) is 0 Å². The minimum absolute atomic E-state index is 0.148. The van der Waals surface area contributed by atoms with Crippen molar-refractivity contribution < 1.29 is 8.42 Å². The number of hydrogen-bond acceptors (Lipinski definition) is 3. The van der Waals surface area contributed by atoms with Gasteiger partial charge in [0, 0.05) is 11.7 Å². The van der Waals surface area contributed by atoms with Gasteiger partial charge in [-0.15, -0.1) is 0 Å². The van der Waals surface area contributed by atoms with E-state index in [1.54, 1.807) is 19.1 Å². The molecule has 1 aliphatic carbocycles. The summed E-state index contributed by atoms with van der Waals surface area (Å²) in [5, 5.41) is 3.41. The largest absolute Gasteiger partial charge is 0.382 e. The molecule has 0 saturated heterocycles. The zero-order valence-corrected chi connectivity index (χ0v) is 11.3. The molecule has 1 N–H and O–H groups in total. The van der Waals surface area contributed by atoms with Crippen LogP contribution in [0.3, 0.4) is 0 Å². The molecule has 0 radical (unpaired) electrons. The van der Waals surface area contributed by atoms with E-state index in [1.807, 2.05) is 12.1 Å². The third-order valence-electron chi connectivity index (χ3n) is 3.45. The molecule has 0 heterocycles. The van der Waals surface area contributed by atoms with Crippen LogP contribution in [0.25, 0.3) is 0 Å². The van der Waals surface area contributed by atoms with Gasteiger partial charge in [-0.1, -0.05) is 20.8 Å². The van der Waals surface area contributed by atoms with Gasteiger partial charge in [0.15, 0.2) is 9.84 Å². The Morgan fingerprint density at radius 1 is 1.29 bits per heavy atom. The zero-order valence-electron chi connectivity index (χ0n) is 10.5. The van der Waals surface area contributed by atoms with Crippen LogP contribution in [0, 0.1) is 5.41 Å². The third-order valence-corrected chi connectivity index (χ3v) is 5.20. The Labute approximate surface area is 103 Å². The number of sulfone groups is 1. The number of benzene rings is 1. The quantitative estimate of drug-likeness (QED) is 0.897. The molecule has 0 amide bonds. The summed E-state index contributed by atoms with van der Waals surface area (Å²) in [6, 6.07) is 7.55. The molecule has 0 aromatic heterocycles. The summed E-state index contributed by atoms with van der Waals surface area (Å²) in [5.41, 5.74) is 1.37. The van der Waals surface area contributed by atoms with Crippen molar-refractivity contribution in [1.29, 1.82) is 0 Å². The normalized spacial score (nSPS) is 22.2. The van der Waals surface area contributed by atoms with Crippen molar-refractivity contribution in [3.8, 4) is 0 Å². The molecule has 3 nitrogen and oxygen atoms in total. The molecule has 1 aliphatic rings. The molecule has 1 saturated carbocycles. The van der Waals surface area contributed by atoms with Crippen LogP contribution < -0.4 is 5.32 Å². The van der Waals surface area contributed by atoms with Gasteiger partial charge >= 0.3 is 0 Å². The number of rotatable bonds is 4. The molecule has 2 rings (SSSR count). The Bertz CT molecular complexity index is 503. The van der Waals surface area contributed by atoms with Crippen molar-refractivity contribution >= 4 is 15.5 Å². The average molecular weight is 253 g/mol. The van der Waals surface area contributed by atoms with Gasteiger partial charge in [0.25, 0.3) is 0 Å². The van der Waals surface area contributed by atoms with E-state index in [1.165, 1.54) is 6.42 Å². The van der Waals surface area contributed by atoms with Crippen LogP contribution in [0.1, 0.15) is 27.2 Å². The molecule has 1 aromatic carbocycles. The molecule has 4 heteroatoms. The lowest BCUT2D eigenvalue weighted by Crippen LogP contribution is -2.09. The first-order valence-electron chi connectivity index (χ1n) is 5.94. The molecular formula is C13H19NO2S. The van der Waals surface area contributed by atoms with Gasteiger partial charge in [-0.2, -0.15) is 0 Å². The maximum Gasteiger partial charge on any atom is 0.178 e. The van der Waals surface area contributed by atoms with Crippen molar-refractivity contribution in [2.45, 2.75) is 38.1 Å². The first kappa shape index (κ1) is 12.4. The van der Waals surface area contributed by atoms with Gasteiger partial charge in [-0.25, -0.2) is 8.42 Å². The van der Waals surface area contributed by atoms with E-state index in [0.29, 0.717) is 16.4 Å². The molecule has 1 fully saturated rings. The van der Waals surface area contributed by atoms with Crippen molar-refractivity contribution in [2.75, 3.05) is 11.1 Å². The molecule has 1 unspecified atom stereocenters. The highest BCUT2D eigenvalue weighted by Crippen LogP contribution is 2.46. The Hall–Kier alpha value is -1.03. The van der Waals surface area contributed by atoms with Crippen molar-refractivity contribution in [3.63, 3.8) is 0 Å². The topological polar surface area (TPSA) is 46.2 Å². The monoisotopic (exact) mass is 253 g/mol. The SMILES string of the molecule is CCS(=O)(=O)c1ccc(NC2CC2(C)C)cc1. The highest BCUT2D eigenvalue weighted by atomic mass is 32.2. The second-order valence-corrected chi connectivity index (χ2v) is 7.60. The van der Waals surface area contributed by atoms with Gasteiger partial charge in [-0.3, -0.25) is 0 Å². The van der Waals surface area contributed by atoms with E-state index in [-0.39, 0.29) is 5.75 Å². The van der Waals surface area contributed by atoms with E-state index in [2.05, 4.69) is 19.2 Å². The van der Waals surface area contributed by atoms with Crippen LogP contribution in [0.2, 0.25) is 0 Å². The van der Waals surface area contributed by atoms with E-state index in [0.717, 1.165) is 5.69 Å². The molecule has 17 heavy (non-hydrogen) atoms. The molecule has 0 bridgehead atoms. The second kappa shape index (κ2) is 4.02. The summed E-state index contributed by atoms with van der Waals surface area (Å²) >= 11 is 0. The van der Waals surface area contributed by atoms with Crippen LogP contribution in [0.5, 0.6) is 0 Å². The Balaban J connectivity index is 2.09. The molecule has 1 atom stereocenters. The minimum atomic E-state index is -3.08. The van der Waals surface area contributed by atoms with Gasteiger partial charge in [0.1, 0.15) is 0 Å². The van der Waals surface area contributed by atoms with E-state index >= 15 is 0 Å². The lowest BCUT2D eigenvalue weighted by molar-refractivity contribution is 0.597. The summed E-state index contributed by atoms with van der Waals surface area (Å²) < 4.78 is 23.3. The number of hydrogen-bond donors (Lipinski definition) is 1. The van der Waals surface area contributed by atoms with Crippen LogP contribution in [-0.2, 0) is 9.84 Å². The summed E-state index contributed by atoms with van der Waals surface area (Å²) in [6.07, 6.45) is 1.17. The zero-order chi connectivity index (χ0) is 12.7. The van der Waals surface area contributed by atoms with Crippen molar-refractivity contribution in [2.24, 2.45) is 5.41 Å². The first-order chi connectivity index (χ1) is 7.85. The Kier molecular flexibility index (Phi) is 2.94. The number of anilines is 1. The fourth-order valence-corrected chi connectivity index (χ4v) is 2.72. The predicted octanol–water partition coefficient (Wildman–Crippen LogP) is 2.69. The Morgan fingerprint density at radius 3 is 2.24 bits per heavy atom. The average Bonchev–Trinajstić information content (AvgIpc) is 2.87. The molecule has 94 valence electrons. The molecular weight excluding hydrogens is 234 g/mol. The smallest absolute Gasteiger partial charge is 0.178 e. The molecule has 0 aliphatic heterocycles. The summed E-state index contributed by atoms with van der Waals surface area (Å²) in [6.45, 7) is 6.11. The van der Waals surface area contributed by atoms with Gasteiger partial charge < -0.3 is 5.32 Å². The van der Waals surface area contributed by atoms with Crippen LogP contribution >= 0.6 is 0 Å². The van der Waals surface area contributed by atoms with Gasteiger partial charge in [0.2, 0.25) is 0 Å². The fourth-order valence-electron chi connectivity index (χ4n) is 1.84. The first-order valence-corrected chi connectivity index (χ1v) is 7.60. The van der Waals surface area contributed by atoms with Crippen molar-refractivity contribution in [1.82, 2.24) is 0 Å². The third kappa shape index (κ3) is 2.63. The number of nitrogens with one attached hydrogen (secondary N) is 1. The summed E-state index contributed by atoms with van der Waals surface area (Å²) in [7, 11) is -3.08. The fraction of sp³-hybridized carbons (Fsp3) is 0.538. The van der Waals surface area contributed by atoms with Gasteiger partial charge in [0.05, 0.1) is 10.6 Å². The lowest BCUT2D eigenvalue weighted by atomic mass is 10.2. The standard InChI is InChI=1S/C13H19NO2S/c1-4-17(15,16)11-7-5-10(6-8-11)14-12-9-13(12,2)3/h5-8,12,14H,4,9H2,1-3H3. The maximum absolute atomic E-state index is 11.6. The summed E-state index contributed by atoms with van der Waals surface area (Å²) in [5.74, 6) is 0.148. The Morgan fingerprint density at radius 2 is 1.82 bits per heavy atom. The van der Waals surface area contributed by atoms with Crippen LogP contribution in [0.4, 0.5) is 5.69 Å². The molecule has 0 spiro atoms. The van der Waals surface area contributed by atoms with Crippen LogP contribution in [-0.4, -0.2) is 20.2 Å². The maximum atomic E-state index is 11.6. The lowest BCUT2D eigenvalue weighted by Gasteiger charge is -2.09. The highest BCUT2D eigenvalue weighted by molar-refractivity contribution is 7.91. The predicted molar refractivity (Wildman–Crippen MR) is 70.0 cm³/mol. The van der Waals surface area contributed by atoms with Gasteiger partial charge in [-0.05, 0) is 36.1 Å². The highest BCUT2D eigenvalue weighted by Gasteiger charge is 2.45.